The molecule has 1 aliphatic carbocycles. The molecule has 1 saturated carbocycles. The molecule has 0 aromatic heterocycles. The fraction of sp³-hybridized carbons (Fsp3) is 0.500. The fourth-order valence-corrected chi connectivity index (χ4v) is 2.86. The SMILES string of the molecule is C(=N/N1CC2CCC1CC2)/c1ccccc1. The van der Waals surface area contributed by atoms with Crippen LogP contribution in [-0.2, 0) is 0 Å². The molecule has 2 heterocycles. The van der Waals surface area contributed by atoms with Gasteiger partial charge in [-0.3, -0.25) is 5.01 Å². The maximum atomic E-state index is 4.64. The van der Waals surface area contributed by atoms with E-state index >= 15 is 0 Å². The normalized spacial score (nSPS) is 28.9. The van der Waals surface area contributed by atoms with Crippen molar-refractivity contribution >= 4 is 6.21 Å². The zero-order chi connectivity index (χ0) is 10.8. The third kappa shape index (κ3) is 1.97. The molecule has 2 aliphatic heterocycles. The van der Waals surface area contributed by atoms with E-state index in [4.69, 9.17) is 0 Å². The first-order valence-corrected chi connectivity index (χ1v) is 6.27. The molecule has 1 aromatic rings. The highest BCUT2D eigenvalue weighted by Crippen LogP contribution is 2.34. The lowest BCUT2D eigenvalue weighted by atomic mass is 9.81. The first kappa shape index (κ1) is 9.88. The monoisotopic (exact) mass is 214 g/mol. The minimum Gasteiger partial charge on any atom is -0.294 e. The maximum absolute atomic E-state index is 4.64. The Balaban J connectivity index is 1.69. The predicted octanol–water partition coefficient (Wildman–Crippen LogP) is 2.89. The zero-order valence-corrected chi connectivity index (χ0v) is 9.55. The molecule has 0 amide bonds. The van der Waals surface area contributed by atoms with Gasteiger partial charge in [0.05, 0.1) is 6.21 Å². The zero-order valence-electron chi connectivity index (χ0n) is 9.55. The molecule has 0 radical (unpaired) electrons. The van der Waals surface area contributed by atoms with Crippen molar-refractivity contribution in [2.24, 2.45) is 11.0 Å². The third-order valence-electron chi connectivity index (χ3n) is 3.84. The third-order valence-corrected chi connectivity index (χ3v) is 3.84. The van der Waals surface area contributed by atoms with Gasteiger partial charge in [-0.2, -0.15) is 5.10 Å². The smallest absolute Gasteiger partial charge is 0.0543 e. The molecule has 1 aromatic carbocycles. The highest BCUT2D eigenvalue weighted by atomic mass is 15.5. The van der Waals surface area contributed by atoms with E-state index in [2.05, 4.69) is 34.4 Å². The molecule has 2 heteroatoms. The van der Waals surface area contributed by atoms with Crippen molar-refractivity contribution in [2.45, 2.75) is 31.7 Å². The summed E-state index contributed by atoms with van der Waals surface area (Å²) in [6, 6.07) is 11.1. The summed E-state index contributed by atoms with van der Waals surface area (Å²) in [4.78, 5) is 0. The van der Waals surface area contributed by atoms with Crippen molar-refractivity contribution in [1.82, 2.24) is 5.01 Å². The number of benzene rings is 1. The van der Waals surface area contributed by atoms with Crippen LogP contribution in [0.2, 0.25) is 0 Å². The number of hydrogen-bond acceptors (Lipinski definition) is 2. The maximum Gasteiger partial charge on any atom is 0.0543 e. The highest BCUT2D eigenvalue weighted by Gasteiger charge is 2.32. The molecule has 0 spiro atoms. The Kier molecular flexibility index (Phi) is 2.65. The van der Waals surface area contributed by atoms with Crippen LogP contribution in [0, 0.1) is 5.92 Å². The van der Waals surface area contributed by atoms with Gasteiger partial charge < -0.3 is 0 Å². The average Bonchev–Trinajstić information content (AvgIpc) is 2.39. The van der Waals surface area contributed by atoms with E-state index in [1.807, 2.05) is 12.3 Å². The van der Waals surface area contributed by atoms with E-state index in [0.717, 1.165) is 5.92 Å². The molecule has 84 valence electrons. The number of piperidine rings is 2. The second-order valence-electron chi connectivity index (χ2n) is 4.95. The summed E-state index contributed by atoms with van der Waals surface area (Å²) < 4.78 is 0. The molecular weight excluding hydrogens is 196 g/mol. The molecule has 0 unspecified atom stereocenters. The second kappa shape index (κ2) is 4.28. The second-order valence-corrected chi connectivity index (χ2v) is 4.95. The summed E-state index contributed by atoms with van der Waals surface area (Å²) in [5.74, 6) is 0.901. The largest absolute Gasteiger partial charge is 0.294 e. The molecule has 3 fully saturated rings. The van der Waals surface area contributed by atoms with Gasteiger partial charge in [0, 0.05) is 12.6 Å². The molecular formula is C14H18N2. The lowest BCUT2D eigenvalue weighted by Gasteiger charge is -2.43. The summed E-state index contributed by atoms with van der Waals surface area (Å²) in [6.07, 6.45) is 7.53. The lowest BCUT2D eigenvalue weighted by molar-refractivity contribution is 0.0525. The van der Waals surface area contributed by atoms with Crippen molar-refractivity contribution in [3.05, 3.63) is 35.9 Å². The van der Waals surface area contributed by atoms with E-state index in [0.29, 0.717) is 6.04 Å². The Morgan fingerprint density at radius 2 is 1.81 bits per heavy atom. The average molecular weight is 214 g/mol. The number of nitrogens with zero attached hydrogens (tertiary/aromatic N) is 2. The van der Waals surface area contributed by atoms with Gasteiger partial charge in [0.2, 0.25) is 0 Å². The van der Waals surface area contributed by atoms with Gasteiger partial charge >= 0.3 is 0 Å². The van der Waals surface area contributed by atoms with Crippen LogP contribution in [0.25, 0.3) is 0 Å². The topological polar surface area (TPSA) is 15.6 Å². The van der Waals surface area contributed by atoms with E-state index in [1.165, 1.54) is 37.8 Å². The Labute approximate surface area is 97.0 Å². The van der Waals surface area contributed by atoms with Crippen molar-refractivity contribution in [2.75, 3.05) is 6.54 Å². The van der Waals surface area contributed by atoms with Gasteiger partial charge in [-0.25, -0.2) is 0 Å². The van der Waals surface area contributed by atoms with Crippen LogP contribution >= 0.6 is 0 Å². The summed E-state index contributed by atoms with van der Waals surface area (Å²) in [7, 11) is 0. The van der Waals surface area contributed by atoms with Crippen molar-refractivity contribution < 1.29 is 0 Å². The Bertz CT molecular complexity index is 364. The molecule has 4 rings (SSSR count). The highest BCUT2D eigenvalue weighted by molar-refractivity contribution is 5.79. The summed E-state index contributed by atoms with van der Waals surface area (Å²) >= 11 is 0. The van der Waals surface area contributed by atoms with Gasteiger partial charge in [0.15, 0.2) is 0 Å². The summed E-state index contributed by atoms with van der Waals surface area (Å²) in [6.45, 7) is 1.17. The number of hydrogen-bond donors (Lipinski definition) is 0. The first-order valence-electron chi connectivity index (χ1n) is 6.27. The number of rotatable bonds is 2. The van der Waals surface area contributed by atoms with Crippen LogP contribution in [0.3, 0.4) is 0 Å². The van der Waals surface area contributed by atoms with E-state index in [9.17, 15) is 0 Å². The molecule has 0 atom stereocenters. The van der Waals surface area contributed by atoms with Gasteiger partial charge in [-0.15, -0.1) is 0 Å². The van der Waals surface area contributed by atoms with Crippen molar-refractivity contribution in [1.29, 1.82) is 0 Å². The Morgan fingerprint density at radius 1 is 1.06 bits per heavy atom. The van der Waals surface area contributed by atoms with E-state index in [-0.39, 0.29) is 0 Å². The van der Waals surface area contributed by atoms with Crippen LogP contribution in [-0.4, -0.2) is 23.8 Å². The number of fused-ring (bicyclic) bond motifs is 3. The van der Waals surface area contributed by atoms with Crippen molar-refractivity contribution in [3.63, 3.8) is 0 Å². The first-order chi connectivity index (χ1) is 7.92. The molecule has 2 nitrogen and oxygen atoms in total. The number of hydrazone groups is 1. The van der Waals surface area contributed by atoms with Crippen LogP contribution in [0.5, 0.6) is 0 Å². The predicted molar refractivity (Wildman–Crippen MR) is 66.5 cm³/mol. The van der Waals surface area contributed by atoms with Crippen molar-refractivity contribution in [3.8, 4) is 0 Å². The van der Waals surface area contributed by atoms with Gasteiger partial charge in [-0.1, -0.05) is 30.3 Å². The standard InChI is InChI=1S/C14H18N2/c1-2-4-12(5-3-1)10-15-16-11-13-6-8-14(16)9-7-13/h1-5,10,13-14H,6-9,11H2/b15-10-. The van der Waals surface area contributed by atoms with E-state index in [1.54, 1.807) is 0 Å². The summed E-state index contributed by atoms with van der Waals surface area (Å²) in [5.41, 5.74) is 1.20. The Morgan fingerprint density at radius 3 is 2.44 bits per heavy atom. The minimum atomic E-state index is 0.713. The van der Waals surface area contributed by atoms with Crippen LogP contribution < -0.4 is 0 Å². The van der Waals surface area contributed by atoms with E-state index < -0.39 is 0 Å². The summed E-state index contributed by atoms with van der Waals surface area (Å²) in [5, 5.41) is 6.95. The van der Waals surface area contributed by atoms with Crippen LogP contribution in [0.1, 0.15) is 31.2 Å². The Hall–Kier alpha value is -1.31. The molecule has 2 bridgehead atoms. The van der Waals surface area contributed by atoms with Gasteiger partial charge in [-0.05, 0) is 37.2 Å². The van der Waals surface area contributed by atoms with Gasteiger partial charge in [0.25, 0.3) is 0 Å². The molecule has 2 saturated heterocycles. The molecule has 16 heavy (non-hydrogen) atoms. The molecule has 3 aliphatic rings. The fourth-order valence-electron chi connectivity index (χ4n) is 2.86. The van der Waals surface area contributed by atoms with Crippen LogP contribution in [0.4, 0.5) is 0 Å². The molecule has 0 N–H and O–H groups in total. The lowest BCUT2D eigenvalue weighted by Crippen LogP contribution is -2.44. The minimum absolute atomic E-state index is 0.713. The quantitative estimate of drug-likeness (QED) is 0.691. The van der Waals surface area contributed by atoms with Gasteiger partial charge in [0.1, 0.15) is 0 Å². The van der Waals surface area contributed by atoms with Crippen LogP contribution in [0.15, 0.2) is 35.4 Å².